The minimum Gasteiger partial charge on any atom is -0.476 e. The summed E-state index contributed by atoms with van der Waals surface area (Å²) in [6, 6.07) is 4.11. The zero-order valence-electron chi connectivity index (χ0n) is 12.4. The highest BCUT2D eigenvalue weighted by molar-refractivity contribution is 6.30. The second-order valence-electron chi connectivity index (χ2n) is 5.62. The quantitative estimate of drug-likeness (QED) is 0.870. The molecule has 1 fully saturated rings. The van der Waals surface area contributed by atoms with Crippen molar-refractivity contribution in [3.8, 4) is 11.4 Å². The second-order valence-corrected chi connectivity index (χ2v) is 6.06. The molecule has 23 heavy (non-hydrogen) atoms. The van der Waals surface area contributed by atoms with Crippen LogP contribution in [0.3, 0.4) is 0 Å². The van der Waals surface area contributed by atoms with Gasteiger partial charge in [-0.3, -0.25) is 0 Å². The zero-order chi connectivity index (χ0) is 16.6. The lowest BCUT2D eigenvalue weighted by Gasteiger charge is -2.12. The molecule has 0 unspecified atom stereocenters. The molecule has 1 aliphatic carbocycles. The Morgan fingerprint density at radius 2 is 2.17 bits per heavy atom. The largest absolute Gasteiger partial charge is 0.476 e. The molecule has 0 bridgehead atoms. The Bertz CT molecular complexity index is 778. The van der Waals surface area contributed by atoms with Gasteiger partial charge in [0.05, 0.1) is 5.56 Å². The van der Waals surface area contributed by atoms with Crippen LogP contribution < -0.4 is 5.32 Å². The van der Waals surface area contributed by atoms with Gasteiger partial charge >= 0.3 is 5.97 Å². The number of benzene rings is 1. The molecule has 120 valence electrons. The highest BCUT2D eigenvalue weighted by Gasteiger charge is 2.23. The monoisotopic (exact) mass is 335 g/mol. The number of carboxylic acid groups (broad SMARTS) is 1. The van der Waals surface area contributed by atoms with Crippen molar-refractivity contribution in [2.45, 2.75) is 19.8 Å². The van der Waals surface area contributed by atoms with Crippen molar-refractivity contribution in [3.05, 3.63) is 40.3 Å². The van der Waals surface area contributed by atoms with Crippen molar-refractivity contribution in [2.24, 2.45) is 5.92 Å². The van der Waals surface area contributed by atoms with Crippen LogP contribution in [0.15, 0.2) is 18.2 Å². The van der Waals surface area contributed by atoms with Gasteiger partial charge in [0.25, 0.3) is 0 Å². The number of halogens is 2. The van der Waals surface area contributed by atoms with E-state index in [0.717, 1.165) is 25.5 Å². The van der Waals surface area contributed by atoms with E-state index in [2.05, 4.69) is 15.3 Å². The van der Waals surface area contributed by atoms with Crippen LogP contribution >= 0.6 is 11.6 Å². The Morgan fingerprint density at radius 1 is 1.43 bits per heavy atom. The van der Waals surface area contributed by atoms with Crippen LogP contribution in [0.4, 0.5) is 10.2 Å². The van der Waals surface area contributed by atoms with E-state index in [1.165, 1.54) is 12.1 Å². The lowest BCUT2D eigenvalue weighted by molar-refractivity contribution is 0.0689. The summed E-state index contributed by atoms with van der Waals surface area (Å²) in [4.78, 5) is 19.7. The zero-order valence-corrected chi connectivity index (χ0v) is 13.2. The fourth-order valence-corrected chi connectivity index (χ4v) is 2.41. The number of carbonyl (C=O) groups is 1. The van der Waals surface area contributed by atoms with Crippen LogP contribution in [0.5, 0.6) is 0 Å². The molecule has 2 aromatic rings. The molecule has 1 heterocycles. The molecule has 1 saturated carbocycles. The number of anilines is 1. The Balaban J connectivity index is 2.06. The summed E-state index contributed by atoms with van der Waals surface area (Å²) in [5, 5.41) is 12.7. The minimum atomic E-state index is -1.17. The molecular formula is C16H15ClFN3O2. The van der Waals surface area contributed by atoms with E-state index in [1.807, 2.05) is 0 Å². The third-order valence-corrected chi connectivity index (χ3v) is 4.01. The van der Waals surface area contributed by atoms with Gasteiger partial charge in [0.1, 0.15) is 11.6 Å². The predicted molar refractivity (Wildman–Crippen MR) is 85.3 cm³/mol. The van der Waals surface area contributed by atoms with Crippen LogP contribution in [0.1, 0.15) is 28.9 Å². The molecule has 0 atom stereocenters. The summed E-state index contributed by atoms with van der Waals surface area (Å²) in [6.07, 6.45) is 2.31. The van der Waals surface area contributed by atoms with Gasteiger partial charge in [-0.05, 0) is 43.9 Å². The maximum atomic E-state index is 14.1. The Kier molecular flexibility index (Phi) is 4.17. The molecule has 0 aliphatic heterocycles. The average Bonchev–Trinajstić information content (AvgIpc) is 3.30. The summed E-state index contributed by atoms with van der Waals surface area (Å²) in [5.74, 6) is -0.719. The second kappa shape index (κ2) is 6.12. The number of carboxylic acids is 1. The maximum Gasteiger partial charge on any atom is 0.354 e. The first-order valence-corrected chi connectivity index (χ1v) is 7.64. The van der Waals surface area contributed by atoms with Crippen molar-refractivity contribution in [3.63, 3.8) is 0 Å². The molecular weight excluding hydrogens is 321 g/mol. The van der Waals surface area contributed by atoms with Crippen molar-refractivity contribution in [1.82, 2.24) is 9.97 Å². The molecule has 0 saturated heterocycles. The van der Waals surface area contributed by atoms with Crippen LogP contribution in [0.25, 0.3) is 11.4 Å². The number of hydrogen-bond donors (Lipinski definition) is 2. The van der Waals surface area contributed by atoms with Crippen LogP contribution in [-0.2, 0) is 0 Å². The fraction of sp³-hybridized carbons (Fsp3) is 0.312. The van der Waals surface area contributed by atoms with Gasteiger partial charge in [-0.25, -0.2) is 19.2 Å². The molecule has 7 heteroatoms. The van der Waals surface area contributed by atoms with Gasteiger partial charge in [0, 0.05) is 17.1 Å². The SMILES string of the molecule is Cc1c(NCC2CC2)nc(-c2ccc(Cl)cc2F)nc1C(=O)O. The molecule has 1 aromatic carbocycles. The van der Waals surface area contributed by atoms with Crippen molar-refractivity contribution >= 4 is 23.4 Å². The molecule has 0 amide bonds. The van der Waals surface area contributed by atoms with Crippen molar-refractivity contribution < 1.29 is 14.3 Å². The first kappa shape index (κ1) is 15.7. The average molecular weight is 336 g/mol. The first-order valence-electron chi connectivity index (χ1n) is 7.27. The normalized spacial score (nSPS) is 13.9. The maximum absolute atomic E-state index is 14.1. The van der Waals surface area contributed by atoms with Gasteiger partial charge in [-0.1, -0.05) is 11.6 Å². The Labute approximate surface area is 137 Å². The topological polar surface area (TPSA) is 75.1 Å². The number of nitrogens with one attached hydrogen (secondary N) is 1. The van der Waals surface area contributed by atoms with E-state index in [4.69, 9.17) is 11.6 Å². The highest BCUT2D eigenvalue weighted by Crippen LogP contribution is 2.30. The molecule has 1 aromatic heterocycles. The lowest BCUT2D eigenvalue weighted by Crippen LogP contribution is -2.13. The first-order chi connectivity index (χ1) is 11.0. The third kappa shape index (κ3) is 3.42. The number of aromatic carboxylic acids is 1. The number of aromatic nitrogens is 2. The van der Waals surface area contributed by atoms with Gasteiger partial charge in [-0.15, -0.1) is 0 Å². The Morgan fingerprint density at radius 3 is 2.78 bits per heavy atom. The number of nitrogens with zero attached hydrogens (tertiary/aromatic N) is 2. The standard InChI is InChI=1S/C16H15ClFN3O2/c1-8-13(16(22)23)20-15(11-5-4-10(17)6-12(11)18)21-14(8)19-7-9-2-3-9/h4-6,9H,2-3,7H2,1H3,(H,22,23)(H,19,20,21). The number of hydrogen-bond acceptors (Lipinski definition) is 4. The summed E-state index contributed by atoms with van der Waals surface area (Å²) < 4.78 is 14.1. The van der Waals surface area contributed by atoms with E-state index in [-0.39, 0.29) is 22.1 Å². The molecule has 1 aliphatic rings. The third-order valence-electron chi connectivity index (χ3n) is 3.78. The van der Waals surface area contributed by atoms with E-state index in [0.29, 0.717) is 17.3 Å². The van der Waals surface area contributed by atoms with Gasteiger partial charge in [0.15, 0.2) is 11.5 Å². The van der Waals surface area contributed by atoms with Crippen LogP contribution in [-0.4, -0.2) is 27.6 Å². The fourth-order valence-electron chi connectivity index (χ4n) is 2.25. The van der Waals surface area contributed by atoms with E-state index < -0.39 is 11.8 Å². The molecule has 0 radical (unpaired) electrons. The van der Waals surface area contributed by atoms with E-state index in [9.17, 15) is 14.3 Å². The Hall–Kier alpha value is -2.21. The summed E-state index contributed by atoms with van der Waals surface area (Å²) in [5.41, 5.74) is 0.422. The highest BCUT2D eigenvalue weighted by atomic mass is 35.5. The minimum absolute atomic E-state index is 0.0282. The predicted octanol–water partition coefficient (Wildman–Crippen LogP) is 3.76. The van der Waals surface area contributed by atoms with E-state index >= 15 is 0 Å². The number of rotatable bonds is 5. The van der Waals surface area contributed by atoms with Crippen molar-refractivity contribution in [1.29, 1.82) is 0 Å². The smallest absolute Gasteiger partial charge is 0.354 e. The summed E-state index contributed by atoms with van der Waals surface area (Å²) in [6.45, 7) is 2.36. The van der Waals surface area contributed by atoms with Gasteiger partial charge in [-0.2, -0.15) is 0 Å². The van der Waals surface area contributed by atoms with Gasteiger partial charge in [0.2, 0.25) is 0 Å². The van der Waals surface area contributed by atoms with Crippen molar-refractivity contribution in [2.75, 3.05) is 11.9 Å². The molecule has 2 N–H and O–H groups in total. The molecule has 5 nitrogen and oxygen atoms in total. The van der Waals surface area contributed by atoms with Gasteiger partial charge < -0.3 is 10.4 Å². The molecule has 3 rings (SSSR count). The molecule has 0 spiro atoms. The van der Waals surface area contributed by atoms with Crippen LogP contribution in [0.2, 0.25) is 5.02 Å². The van der Waals surface area contributed by atoms with Crippen LogP contribution in [0, 0.1) is 18.7 Å². The van der Waals surface area contributed by atoms with E-state index in [1.54, 1.807) is 6.92 Å². The summed E-state index contributed by atoms with van der Waals surface area (Å²) in [7, 11) is 0. The lowest BCUT2D eigenvalue weighted by atomic mass is 10.1. The summed E-state index contributed by atoms with van der Waals surface area (Å²) >= 11 is 5.75.